The summed E-state index contributed by atoms with van der Waals surface area (Å²) in [6.07, 6.45) is 7.28. The number of aromatic nitrogens is 7. The Balaban J connectivity index is 1.37. The van der Waals surface area contributed by atoms with Crippen molar-refractivity contribution in [2.24, 2.45) is 0 Å². The largest absolute Gasteiger partial charge is 0.348 e. The molecule has 0 bridgehead atoms. The van der Waals surface area contributed by atoms with Crippen molar-refractivity contribution in [1.82, 2.24) is 40.7 Å². The summed E-state index contributed by atoms with van der Waals surface area (Å²) in [4.78, 5) is 18.2. The first kappa shape index (κ1) is 20.4. The van der Waals surface area contributed by atoms with Crippen LogP contribution in [0.3, 0.4) is 0 Å². The van der Waals surface area contributed by atoms with Crippen molar-refractivity contribution in [2.75, 3.05) is 11.9 Å². The van der Waals surface area contributed by atoms with Crippen LogP contribution in [0.1, 0.15) is 40.5 Å². The zero-order valence-electron chi connectivity index (χ0n) is 18.2. The zero-order valence-corrected chi connectivity index (χ0v) is 19.8. The third kappa shape index (κ3) is 4.04. The van der Waals surface area contributed by atoms with E-state index in [1.165, 1.54) is 11.3 Å². The Morgan fingerprint density at radius 2 is 1.74 bits per heavy atom. The third-order valence-electron chi connectivity index (χ3n) is 5.53. The molecule has 5 heterocycles. The molecule has 1 aliphatic heterocycles. The van der Waals surface area contributed by atoms with Crippen LogP contribution in [0, 0.1) is 0 Å². The number of aromatic amines is 1. The highest BCUT2D eigenvalue weighted by Gasteiger charge is 2.39. The Hall–Kier alpha value is -2.50. The van der Waals surface area contributed by atoms with Gasteiger partial charge in [-0.15, -0.1) is 10.2 Å². The molecule has 5 rings (SSSR count). The van der Waals surface area contributed by atoms with Crippen LogP contribution in [0.5, 0.6) is 0 Å². The van der Waals surface area contributed by atoms with Gasteiger partial charge in [-0.1, -0.05) is 22.7 Å². The van der Waals surface area contributed by atoms with Gasteiger partial charge in [0.2, 0.25) is 5.82 Å². The van der Waals surface area contributed by atoms with Gasteiger partial charge in [0.05, 0.1) is 12.4 Å². The van der Waals surface area contributed by atoms with Crippen LogP contribution in [0.25, 0.3) is 31.8 Å². The molecule has 9 nitrogen and oxygen atoms in total. The van der Waals surface area contributed by atoms with Crippen molar-refractivity contribution < 1.29 is 0 Å². The van der Waals surface area contributed by atoms with Gasteiger partial charge in [0, 0.05) is 35.9 Å². The molecule has 0 saturated carbocycles. The molecular weight excluding hydrogens is 430 g/mol. The van der Waals surface area contributed by atoms with E-state index >= 15 is 0 Å². The molecule has 0 amide bonds. The number of fused-ring (bicyclic) bond motifs is 1. The molecule has 2 N–H and O–H groups in total. The fourth-order valence-electron chi connectivity index (χ4n) is 4.47. The lowest BCUT2D eigenvalue weighted by Crippen LogP contribution is -2.61. The number of nitrogens with zero attached hydrogens (tertiary/aromatic N) is 7. The maximum atomic E-state index is 4.88. The van der Waals surface area contributed by atoms with Gasteiger partial charge in [-0.05, 0) is 40.5 Å². The second kappa shape index (κ2) is 7.28. The topological polar surface area (TPSA) is 108 Å². The summed E-state index contributed by atoms with van der Waals surface area (Å²) in [7, 11) is 2.15. The van der Waals surface area contributed by atoms with Gasteiger partial charge in [0.15, 0.2) is 19.8 Å². The summed E-state index contributed by atoms with van der Waals surface area (Å²) in [5.74, 6) is 0.513. The summed E-state index contributed by atoms with van der Waals surface area (Å²) in [5, 5.41) is 20.7. The fourth-order valence-corrected chi connectivity index (χ4v) is 6.48. The van der Waals surface area contributed by atoms with Crippen LogP contribution in [0.2, 0.25) is 0 Å². The minimum atomic E-state index is 0.0910. The lowest BCUT2D eigenvalue weighted by molar-refractivity contribution is 0.161. The molecule has 1 saturated heterocycles. The molecule has 0 aliphatic carbocycles. The molecule has 4 aromatic rings. The van der Waals surface area contributed by atoms with Crippen molar-refractivity contribution in [3.05, 3.63) is 18.6 Å². The van der Waals surface area contributed by atoms with Gasteiger partial charge in [0.25, 0.3) is 0 Å². The van der Waals surface area contributed by atoms with E-state index in [1.54, 1.807) is 29.9 Å². The first-order valence-electron chi connectivity index (χ1n) is 10.2. The summed E-state index contributed by atoms with van der Waals surface area (Å²) >= 11 is 3.13. The Labute approximate surface area is 188 Å². The predicted octanol–water partition coefficient (Wildman–Crippen LogP) is 3.74. The minimum absolute atomic E-state index is 0.0910. The normalized spacial score (nSPS) is 18.5. The zero-order chi connectivity index (χ0) is 21.8. The summed E-state index contributed by atoms with van der Waals surface area (Å²) in [6.45, 7) is 9.09. The second-order valence-corrected chi connectivity index (χ2v) is 11.3. The van der Waals surface area contributed by atoms with Crippen molar-refractivity contribution in [2.45, 2.75) is 57.7 Å². The SMILES string of the molecule is CN(c1nc2sc(-c3ncc(-c4cn[nH]c4)nn3)nc2s1)C1CC(C)(C)NC(C)(C)C1. The average Bonchev–Trinajstić information content (AvgIpc) is 3.41. The number of hydrogen-bond donors (Lipinski definition) is 2. The molecule has 0 aromatic carbocycles. The number of H-pyrrole nitrogens is 1. The van der Waals surface area contributed by atoms with Crippen LogP contribution < -0.4 is 10.2 Å². The number of anilines is 1. The second-order valence-electron chi connectivity index (χ2n) is 9.35. The van der Waals surface area contributed by atoms with Gasteiger partial charge in [-0.3, -0.25) is 5.10 Å². The molecule has 31 heavy (non-hydrogen) atoms. The highest BCUT2D eigenvalue weighted by Crippen LogP contribution is 2.38. The summed E-state index contributed by atoms with van der Waals surface area (Å²) in [6, 6.07) is 0.425. The molecule has 4 aromatic heterocycles. The molecule has 0 spiro atoms. The van der Waals surface area contributed by atoms with E-state index in [0.29, 0.717) is 17.6 Å². The molecule has 162 valence electrons. The van der Waals surface area contributed by atoms with Crippen LogP contribution in [-0.2, 0) is 0 Å². The monoisotopic (exact) mass is 455 g/mol. The van der Waals surface area contributed by atoms with Crippen LogP contribution >= 0.6 is 22.7 Å². The van der Waals surface area contributed by atoms with E-state index < -0.39 is 0 Å². The quantitative estimate of drug-likeness (QED) is 0.479. The molecule has 1 aliphatic rings. The van der Waals surface area contributed by atoms with Gasteiger partial charge in [0.1, 0.15) is 5.69 Å². The highest BCUT2D eigenvalue weighted by molar-refractivity contribution is 7.29. The molecular formula is C20H25N9S2. The van der Waals surface area contributed by atoms with E-state index in [4.69, 9.17) is 9.97 Å². The first-order valence-corrected chi connectivity index (χ1v) is 11.8. The van der Waals surface area contributed by atoms with E-state index in [-0.39, 0.29) is 11.1 Å². The number of hydrogen-bond acceptors (Lipinski definition) is 10. The van der Waals surface area contributed by atoms with Crippen molar-refractivity contribution in [1.29, 1.82) is 0 Å². The van der Waals surface area contributed by atoms with Gasteiger partial charge in [-0.2, -0.15) is 5.10 Å². The van der Waals surface area contributed by atoms with Crippen molar-refractivity contribution in [3.63, 3.8) is 0 Å². The molecule has 0 atom stereocenters. The Morgan fingerprint density at radius 1 is 1.00 bits per heavy atom. The lowest BCUT2D eigenvalue weighted by Gasteiger charge is -2.48. The van der Waals surface area contributed by atoms with Crippen LogP contribution in [-0.4, -0.2) is 59.5 Å². The maximum absolute atomic E-state index is 4.88. The van der Waals surface area contributed by atoms with Crippen molar-refractivity contribution in [3.8, 4) is 22.1 Å². The van der Waals surface area contributed by atoms with Crippen LogP contribution in [0.4, 0.5) is 5.13 Å². The third-order valence-corrected chi connectivity index (χ3v) is 7.64. The van der Waals surface area contributed by atoms with E-state index in [1.807, 2.05) is 0 Å². The fraction of sp³-hybridized carbons (Fsp3) is 0.500. The number of rotatable bonds is 4. The minimum Gasteiger partial charge on any atom is -0.348 e. The van der Waals surface area contributed by atoms with Gasteiger partial charge >= 0.3 is 0 Å². The average molecular weight is 456 g/mol. The highest BCUT2D eigenvalue weighted by atomic mass is 32.1. The smallest absolute Gasteiger partial charge is 0.210 e. The van der Waals surface area contributed by atoms with E-state index in [9.17, 15) is 0 Å². The van der Waals surface area contributed by atoms with Crippen LogP contribution in [0.15, 0.2) is 18.6 Å². The van der Waals surface area contributed by atoms with Crippen molar-refractivity contribution >= 4 is 37.5 Å². The molecule has 0 unspecified atom stereocenters. The van der Waals surface area contributed by atoms with E-state index in [2.05, 4.69) is 70.3 Å². The van der Waals surface area contributed by atoms with Gasteiger partial charge in [-0.25, -0.2) is 15.0 Å². The number of nitrogens with one attached hydrogen (secondary N) is 2. The van der Waals surface area contributed by atoms with E-state index in [0.717, 1.165) is 38.2 Å². The lowest BCUT2D eigenvalue weighted by atomic mass is 9.79. The molecule has 11 heteroatoms. The molecule has 1 fully saturated rings. The molecule has 0 radical (unpaired) electrons. The maximum Gasteiger partial charge on any atom is 0.210 e. The summed E-state index contributed by atoms with van der Waals surface area (Å²) < 4.78 is 0. The predicted molar refractivity (Wildman–Crippen MR) is 124 cm³/mol. The number of thiazole rings is 2. The Bertz CT molecular complexity index is 1140. The Morgan fingerprint density at radius 3 is 2.35 bits per heavy atom. The first-order chi connectivity index (χ1) is 14.7. The summed E-state index contributed by atoms with van der Waals surface area (Å²) in [5.41, 5.74) is 1.71. The number of piperidine rings is 1. The van der Waals surface area contributed by atoms with Gasteiger partial charge < -0.3 is 10.2 Å². The Kier molecular flexibility index (Phi) is 4.79. The standard InChI is InChI=1S/C20H25N9S2/c1-19(2)6-12(7-20(3,4)28-19)29(5)18-25-17-16(31-18)24-15(30-17)14-21-10-13(26-27-14)11-8-22-23-9-11/h8-10,12,28H,6-7H2,1-5H3,(H,22,23).